The lowest BCUT2D eigenvalue weighted by Crippen LogP contribution is -2.10. The summed E-state index contributed by atoms with van der Waals surface area (Å²) >= 11 is 3.42. The summed E-state index contributed by atoms with van der Waals surface area (Å²) in [5, 5.41) is 0. The molecule has 5 rings (SSSR count). The Morgan fingerprint density at radius 3 is 2.16 bits per heavy atom. The zero-order chi connectivity index (χ0) is 26.5. The second-order valence-corrected chi connectivity index (χ2v) is 9.24. The lowest BCUT2D eigenvalue weighted by molar-refractivity contribution is 0.0693. The van der Waals surface area contributed by atoms with Gasteiger partial charge in [0.15, 0.2) is 0 Å². The van der Waals surface area contributed by atoms with Crippen LogP contribution in [0.15, 0.2) is 102 Å². The van der Waals surface area contributed by atoms with Gasteiger partial charge in [0.1, 0.15) is 35.6 Å². The molecule has 8 heteroatoms. The third kappa shape index (κ3) is 5.98. The van der Waals surface area contributed by atoms with Gasteiger partial charge in [-0.3, -0.25) is 0 Å². The van der Waals surface area contributed by atoms with Gasteiger partial charge in [-0.1, -0.05) is 28.1 Å². The molecule has 1 aromatic heterocycles. The van der Waals surface area contributed by atoms with Crippen molar-refractivity contribution in [1.82, 2.24) is 9.55 Å². The number of hydrogen-bond donors (Lipinski definition) is 0. The summed E-state index contributed by atoms with van der Waals surface area (Å²) in [5.41, 5.74) is 2.29. The third-order valence-electron chi connectivity index (χ3n) is 5.75. The molecular weight excluding hydrogens is 554 g/mol. The van der Waals surface area contributed by atoms with Crippen LogP contribution >= 0.6 is 15.9 Å². The topological polar surface area (TPSA) is 53.3 Å². The van der Waals surface area contributed by atoms with Crippen LogP contribution in [0.5, 0.6) is 5.75 Å². The van der Waals surface area contributed by atoms with Crippen LogP contribution in [0.2, 0.25) is 0 Å². The molecule has 4 aromatic carbocycles. The monoisotopic (exact) mass is 574 g/mol. The van der Waals surface area contributed by atoms with Gasteiger partial charge in [-0.15, -0.1) is 0 Å². The van der Waals surface area contributed by atoms with Crippen molar-refractivity contribution in [1.29, 1.82) is 0 Å². The molecule has 0 spiro atoms. The van der Waals surface area contributed by atoms with Crippen LogP contribution in [0.3, 0.4) is 0 Å². The maximum absolute atomic E-state index is 13.7. The van der Waals surface area contributed by atoms with Crippen molar-refractivity contribution < 1.29 is 23.0 Å². The highest BCUT2D eigenvalue weighted by atomic mass is 79.9. The molecule has 1 heterocycles. The summed E-state index contributed by atoms with van der Waals surface area (Å²) in [7, 11) is 0. The number of ether oxygens (including phenoxy) is 2. The fraction of sp³-hybridized carbons (Fsp3) is 0.0667. The number of benzene rings is 4. The summed E-state index contributed by atoms with van der Waals surface area (Å²) in [6, 6.07) is 25.8. The van der Waals surface area contributed by atoms with Gasteiger partial charge in [0.25, 0.3) is 0 Å². The van der Waals surface area contributed by atoms with Crippen molar-refractivity contribution in [2.45, 2.75) is 6.54 Å². The Bertz CT molecular complexity index is 1600. The van der Waals surface area contributed by atoms with E-state index in [1.165, 1.54) is 48.5 Å². The smallest absolute Gasteiger partial charge is 0.343 e. The van der Waals surface area contributed by atoms with Gasteiger partial charge in [-0.05, 0) is 84.9 Å². The van der Waals surface area contributed by atoms with Gasteiger partial charge in [0.05, 0.1) is 23.1 Å². The van der Waals surface area contributed by atoms with Crippen molar-refractivity contribution in [3.05, 3.63) is 130 Å². The first-order valence-electron chi connectivity index (χ1n) is 11.8. The molecule has 0 aliphatic heterocycles. The van der Waals surface area contributed by atoms with E-state index in [0.717, 1.165) is 21.3 Å². The third-order valence-corrected chi connectivity index (χ3v) is 6.28. The minimum Gasteiger partial charge on any atom is -0.492 e. The van der Waals surface area contributed by atoms with E-state index in [1.54, 1.807) is 6.08 Å². The zero-order valence-electron chi connectivity index (χ0n) is 20.0. The van der Waals surface area contributed by atoms with Crippen LogP contribution in [-0.2, 0) is 11.3 Å². The predicted molar refractivity (Wildman–Crippen MR) is 145 cm³/mol. The summed E-state index contributed by atoms with van der Waals surface area (Å²) in [6.07, 6.45) is 1.63. The number of esters is 1. The Hall–Kier alpha value is -4.30. The molecular formula is C30H21BrF2N2O3. The number of rotatable bonds is 8. The normalized spacial score (nSPS) is 11.5. The van der Waals surface area contributed by atoms with Gasteiger partial charge < -0.3 is 14.0 Å². The molecule has 0 saturated carbocycles. The molecule has 0 fully saturated rings. The van der Waals surface area contributed by atoms with Crippen molar-refractivity contribution in [2.75, 3.05) is 6.61 Å². The average molecular weight is 575 g/mol. The molecule has 0 unspecified atom stereocenters. The molecule has 38 heavy (non-hydrogen) atoms. The number of carbonyl (C=O) groups excluding carboxylic acids is 1. The molecule has 0 amide bonds. The first-order chi connectivity index (χ1) is 18.5. The van der Waals surface area contributed by atoms with Gasteiger partial charge in [0, 0.05) is 16.1 Å². The molecule has 0 bridgehead atoms. The molecule has 5 aromatic rings. The van der Waals surface area contributed by atoms with E-state index in [-0.39, 0.29) is 11.3 Å². The van der Waals surface area contributed by atoms with E-state index in [0.29, 0.717) is 24.5 Å². The molecule has 0 saturated heterocycles. The Kier molecular flexibility index (Phi) is 7.60. The van der Waals surface area contributed by atoms with E-state index in [4.69, 9.17) is 14.5 Å². The number of hydrogen-bond acceptors (Lipinski definition) is 4. The van der Waals surface area contributed by atoms with Crippen molar-refractivity contribution in [3.8, 4) is 5.75 Å². The predicted octanol–water partition coefficient (Wildman–Crippen LogP) is 7.51. The number of aromatic nitrogens is 2. The number of imidazole rings is 1. The largest absolute Gasteiger partial charge is 0.492 e. The summed E-state index contributed by atoms with van der Waals surface area (Å²) < 4.78 is 41.6. The number of fused-ring (bicyclic) bond motifs is 1. The van der Waals surface area contributed by atoms with Gasteiger partial charge >= 0.3 is 5.97 Å². The number of para-hydroxylation sites is 2. The molecule has 190 valence electrons. The fourth-order valence-electron chi connectivity index (χ4n) is 3.87. The molecule has 5 nitrogen and oxygen atoms in total. The molecule has 0 radical (unpaired) electrons. The number of carbonyl (C=O) groups is 1. The Balaban J connectivity index is 1.49. The quantitative estimate of drug-likeness (QED) is 0.142. The lowest BCUT2D eigenvalue weighted by atomic mass is 10.1. The van der Waals surface area contributed by atoms with Crippen molar-refractivity contribution >= 4 is 44.8 Å². The zero-order valence-corrected chi connectivity index (χ0v) is 21.6. The average Bonchev–Trinajstić information content (AvgIpc) is 3.27. The van der Waals surface area contributed by atoms with Gasteiger partial charge in [-0.25, -0.2) is 18.6 Å². The van der Waals surface area contributed by atoms with E-state index in [2.05, 4.69) is 15.9 Å². The van der Waals surface area contributed by atoms with Crippen LogP contribution < -0.4 is 4.74 Å². The molecule has 0 aliphatic carbocycles. The van der Waals surface area contributed by atoms with Crippen molar-refractivity contribution in [3.63, 3.8) is 0 Å². The summed E-state index contributed by atoms with van der Waals surface area (Å²) in [6.45, 7) is 0.828. The Morgan fingerprint density at radius 2 is 1.47 bits per heavy atom. The second kappa shape index (κ2) is 11.4. The Morgan fingerprint density at radius 1 is 0.842 bits per heavy atom. The highest BCUT2D eigenvalue weighted by molar-refractivity contribution is 9.10. The van der Waals surface area contributed by atoms with Crippen LogP contribution in [0.4, 0.5) is 8.78 Å². The van der Waals surface area contributed by atoms with Gasteiger partial charge in [-0.2, -0.15) is 0 Å². The highest BCUT2D eigenvalue weighted by Crippen LogP contribution is 2.25. The van der Waals surface area contributed by atoms with E-state index in [1.807, 2.05) is 53.1 Å². The van der Waals surface area contributed by atoms with Crippen LogP contribution in [-0.4, -0.2) is 22.1 Å². The summed E-state index contributed by atoms with van der Waals surface area (Å²) in [5.74, 6) is -0.136. The Labute approximate surface area is 226 Å². The van der Waals surface area contributed by atoms with Crippen LogP contribution in [0, 0.1) is 11.6 Å². The molecule has 0 atom stereocenters. The van der Waals surface area contributed by atoms with E-state index in [9.17, 15) is 13.6 Å². The minimum absolute atomic E-state index is 0.171. The first kappa shape index (κ1) is 25.4. The maximum Gasteiger partial charge on any atom is 0.343 e. The van der Waals surface area contributed by atoms with Crippen LogP contribution in [0.1, 0.15) is 21.7 Å². The fourth-order valence-corrected chi connectivity index (χ4v) is 4.14. The van der Waals surface area contributed by atoms with E-state index >= 15 is 0 Å². The molecule has 0 N–H and O–H groups in total. The number of halogens is 3. The van der Waals surface area contributed by atoms with E-state index < -0.39 is 17.6 Å². The SMILES string of the molecule is O=C(OC(=Cc1nc2ccccc2n1CCOc1ccc(Br)cc1)c1ccc(F)cc1)c1ccc(F)cc1. The molecule has 0 aliphatic rings. The van der Waals surface area contributed by atoms with Crippen molar-refractivity contribution in [2.24, 2.45) is 0 Å². The van der Waals surface area contributed by atoms with Gasteiger partial charge in [0.2, 0.25) is 0 Å². The lowest BCUT2D eigenvalue weighted by Gasteiger charge is -2.12. The first-order valence-corrected chi connectivity index (χ1v) is 12.5. The second-order valence-electron chi connectivity index (χ2n) is 8.32. The highest BCUT2D eigenvalue weighted by Gasteiger charge is 2.16. The summed E-state index contributed by atoms with van der Waals surface area (Å²) in [4.78, 5) is 17.6. The minimum atomic E-state index is -0.679. The standard InChI is InChI=1S/C30H21BrF2N2O3/c31-22-9-15-25(16-10-22)37-18-17-35-27-4-2-1-3-26(27)34-29(35)19-28(20-5-11-23(32)12-6-20)38-30(36)21-7-13-24(33)14-8-21/h1-16,19H,17-18H2. The number of nitrogens with zero attached hydrogens (tertiary/aromatic N) is 2. The maximum atomic E-state index is 13.7. The van der Waals surface area contributed by atoms with Crippen LogP contribution in [0.25, 0.3) is 22.9 Å².